The van der Waals surface area contributed by atoms with Gasteiger partial charge in [-0.05, 0) is 49.2 Å². The Bertz CT molecular complexity index is 1360. The zero-order valence-electron chi connectivity index (χ0n) is 16.3. The molecule has 3 aromatic heterocycles. The fourth-order valence-electron chi connectivity index (χ4n) is 3.74. The number of likely N-dealkylation sites (tertiary alicyclic amines) is 1. The molecule has 1 aliphatic heterocycles. The molecule has 0 bridgehead atoms. The van der Waals surface area contributed by atoms with E-state index in [4.69, 9.17) is 33.6 Å². The maximum Gasteiger partial charge on any atom is 0.267 e. The van der Waals surface area contributed by atoms with Crippen LogP contribution in [0.2, 0.25) is 10.0 Å². The number of nitrogens with zero attached hydrogens (tertiary/aromatic N) is 4. The monoisotopic (exact) mass is 469 g/mol. The second-order valence-electron chi connectivity index (χ2n) is 7.31. The lowest BCUT2D eigenvalue weighted by atomic mass is 10.2. The first-order valence-corrected chi connectivity index (χ1v) is 11.4. The molecule has 0 unspecified atom stereocenters. The summed E-state index contributed by atoms with van der Waals surface area (Å²) in [5.74, 6) is 1.40. The Kier molecular flexibility index (Phi) is 5.25. The molecule has 1 aliphatic rings. The Hall–Kier alpha value is -2.74. The smallest absolute Gasteiger partial charge is 0.267 e. The van der Waals surface area contributed by atoms with Crippen LogP contribution in [-0.4, -0.2) is 38.4 Å². The van der Waals surface area contributed by atoms with E-state index in [-0.39, 0.29) is 5.56 Å². The summed E-state index contributed by atoms with van der Waals surface area (Å²) in [6.07, 6.45) is 3.71. The van der Waals surface area contributed by atoms with Gasteiger partial charge in [-0.25, -0.2) is 14.5 Å². The first kappa shape index (κ1) is 20.2. The number of thiophene rings is 1. The van der Waals surface area contributed by atoms with Gasteiger partial charge in [0.05, 0.1) is 20.8 Å². The van der Waals surface area contributed by atoms with Crippen LogP contribution in [0.3, 0.4) is 0 Å². The van der Waals surface area contributed by atoms with Crippen molar-refractivity contribution in [2.24, 2.45) is 0 Å². The number of hydrogen-bond acceptors (Lipinski definition) is 5. The topological polar surface area (TPSA) is 74.9 Å². The first-order chi connectivity index (χ1) is 15.0. The third kappa shape index (κ3) is 3.73. The van der Waals surface area contributed by atoms with Gasteiger partial charge in [-0.3, -0.25) is 10.2 Å². The van der Waals surface area contributed by atoms with Crippen molar-refractivity contribution in [3.05, 3.63) is 73.9 Å². The SMILES string of the molecule is N=C(c1csc(-c2nc3ccc(Cl)cc3c(=O)n2-c2ccc(Cl)cn2)c1)N1CCCC1. The highest BCUT2D eigenvalue weighted by molar-refractivity contribution is 7.13. The van der Waals surface area contributed by atoms with Crippen LogP contribution >= 0.6 is 34.5 Å². The van der Waals surface area contributed by atoms with Crippen LogP contribution in [0.25, 0.3) is 27.4 Å². The van der Waals surface area contributed by atoms with Gasteiger partial charge in [0, 0.05) is 35.3 Å². The average Bonchev–Trinajstić information content (AvgIpc) is 3.47. The number of nitrogens with one attached hydrogen (secondary N) is 1. The molecule has 0 spiro atoms. The van der Waals surface area contributed by atoms with Gasteiger partial charge in [0.25, 0.3) is 5.56 Å². The van der Waals surface area contributed by atoms with E-state index in [1.807, 2.05) is 11.4 Å². The fourth-order valence-corrected chi connectivity index (χ4v) is 4.89. The molecule has 0 saturated carbocycles. The van der Waals surface area contributed by atoms with E-state index in [2.05, 4.69) is 9.88 Å². The number of hydrogen-bond donors (Lipinski definition) is 1. The van der Waals surface area contributed by atoms with Crippen LogP contribution in [0, 0.1) is 5.41 Å². The highest BCUT2D eigenvalue weighted by Crippen LogP contribution is 2.29. The number of pyridine rings is 1. The van der Waals surface area contributed by atoms with E-state index in [0.29, 0.717) is 38.4 Å². The van der Waals surface area contributed by atoms with Crippen molar-refractivity contribution in [1.82, 2.24) is 19.4 Å². The summed E-state index contributed by atoms with van der Waals surface area (Å²) in [7, 11) is 0. The van der Waals surface area contributed by atoms with Gasteiger partial charge >= 0.3 is 0 Å². The van der Waals surface area contributed by atoms with Crippen molar-refractivity contribution in [3.63, 3.8) is 0 Å². The molecule has 6 nitrogen and oxygen atoms in total. The molecular formula is C22H17Cl2N5OS. The van der Waals surface area contributed by atoms with E-state index in [1.54, 1.807) is 30.3 Å². The van der Waals surface area contributed by atoms with Crippen molar-refractivity contribution in [2.75, 3.05) is 13.1 Å². The number of fused-ring (bicyclic) bond motifs is 1. The van der Waals surface area contributed by atoms with Crippen LogP contribution in [0.15, 0.2) is 52.8 Å². The molecule has 5 rings (SSSR count). The standard InChI is InChI=1S/C22H17Cl2N5OS/c23-14-3-5-17-16(10-14)22(30)29(19-6-4-15(24)11-26-19)21(27-17)18-9-13(12-31-18)20(25)28-7-1-2-8-28/h3-6,9-12,25H,1-2,7-8H2. The van der Waals surface area contributed by atoms with Crippen molar-refractivity contribution in [3.8, 4) is 16.5 Å². The van der Waals surface area contributed by atoms with E-state index in [0.717, 1.165) is 36.4 Å². The second kappa shape index (κ2) is 8.07. The van der Waals surface area contributed by atoms with Crippen molar-refractivity contribution in [2.45, 2.75) is 12.8 Å². The Labute approximate surface area is 192 Å². The third-order valence-electron chi connectivity index (χ3n) is 5.29. The molecule has 0 amide bonds. The molecule has 1 N–H and O–H groups in total. The molecule has 1 saturated heterocycles. The minimum atomic E-state index is -0.262. The number of rotatable bonds is 3. The highest BCUT2D eigenvalue weighted by atomic mass is 35.5. The van der Waals surface area contributed by atoms with Gasteiger partial charge in [-0.15, -0.1) is 11.3 Å². The Morgan fingerprint density at radius 2 is 1.84 bits per heavy atom. The zero-order valence-corrected chi connectivity index (χ0v) is 18.6. The van der Waals surface area contributed by atoms with Crippen molar-refractivity contribution < 1.29 is 0 Å². The predicted molar refractivity (Wildman–Crippen MR) is 126 cm³/mol. The molecule has 156 valence electrons. The number of benzene rings is 1. The molecule has 0 aliphatic carbocycles. The van der Waals surface area contributed by atoms with Gasteiger partial charge in [0.1, 0.15) is 11.7 Å². The minimum absolute atomic E-state index is 0.262. The van der Waals surface area contributed by atoms with Gasteiger partial charge in [-0.1, -0.05) is 23.2 Å². The van der Waals surface area contributed by atoms with E-state index in [9.17, 15) is 4.79 Å². The predicted octanol–water partition coefficient (Wildman–Crippen LogP) is 5.24. The lowest BCUT2D eigenvalue weighted by molar-refractivity contribution is 0.517. The number of halogens is 2. The molecule has 1 fully saturated rings. The summed E-state index contributed by atoms with van der Waals surface area (Å²) in [4.78, 5) is 25.4. The lowest BCUT2D eigenvalue weighted by Crippen LogP contribution is -2.27. The van der Waals surface area contributed by atoms with Crippen LogP contribution in [-0.2, 0) is 0 Å². The van der Waals surface area contributed by atoms with Gasteiger partial charge in [0.15, 0.2) is 5.82 Å². The fraction of sp³-hybridized carbons (Fsp3) is 0.182. The zero-order chi connectivity index (χ0) is 21.5. The summed E-state index contributed by atoms with van der Waals surface area (Å²) >= 11 is 13.6. The number of amidine groups is 1. The summed E-state index contributed by atoms with van der Waals surface area (Å²) < 4.78 is 1.48. The number of aromatic nitrogens is 3. The van der Waals surface area contributed by atoms with Crippen molar-refractivity contribution >= 4 is 51.3 Å². The molecule has 0 atom stereocenters. The lowest BCUT2D eigenvalue weighted by Gasteiger charge is -2.17. The summed E-state index contributed by atoms with van der Waals surface area (Å²) in [5.41, 5.74) is 1.11. The van der Waals surface area contributed by atoms with Crippen molar-refractivity contribution in [1.29, 1.82) is 5.41 Å². The second-order valence-corrected chi connectivity index (χ2v) is 9.10. The van der Waals surface area contributed by atoms with Crippen LogP contribution < -0.4 is 5.56 Å². The van der Waals surface area contributed by atoms with Gasteiger partial charge in [0.2, 0.25) is 0 Å². The minimum Gasteiger partial charge on any atom is -0.357 e. The van der Waals surface area contributed by atoms with E-state index in [1.165, 1.54) is 22.1 Å². The highest BCUT2D eigenvalue weighted by Gasteiger charge is 2.21. The normalized spacial score (nSPS) is 13.8. The Morgan fingerprint density at radius 3 is 2.58 bits per heavy atom. The maximum absolute atomic E-state index is 13.5. The Balaban J connectivity index is 1.70. The van der Waals surface area contributed by atoms with Gasteiger partial charge in [-0.2, -0.15) is 0 Å². The third-order valence-corrected chi connectivity index (χ3v) is 6.67. The molecule has 31 heavy (non-hydrogen) atoms. The Morgan fingerprint density at radius 1 is 1.06 bits per heavy atom. The molecule has 1 aromatic carbocycles. The summed E-state index contributed by atoms with van der Waals surface area (Å²) in [5, 5.41) is 11.8. The molecule has 4 heterocycles. The maximum atomic E-state index is 13.5. The largest absolute Gasteiger partial charge is 0.357 e. The quantitative estimate of drug-likeness (QED) is 0.328. The summed E-state index contributed by atoms with van der Waals surface area (Å²) in [6.45, 7) is 1.80. The van der Waals surface area contributed by atoms with E-state index >= 15 is 0 Å². The van der Waals surface area contributed by atoms with Crippen LogP contribution in [0.1, 0.15) is 18.4 Å². The molecule has 9 heteroatoms. The molecule has 4 aromatic rings. The molecule has 0 radical (unpaired) electrons. The first-order valence-electron chi connectivity index (χ1n) is 9.78. The van der Waals surface area contributed by atoms with Gasteiger partial charge < -0.3 is 4.90 Å². The van der Waals surface area contributed by atoms with Crippen LogP contribution in [0.5, 0.6) is 0 Å². The average molecular weight is 470 g/mol. The summed E-state index contributed by atoms with van der Waals surface area (Å²) in [6, 6.07) is 10.4. The van der Waals surface area contributed by atoms with Crippen LogP contribution in [0.4, 0.5) is 0 Å². The van der Waals surface area contributed by atoms with E-state index < -0.39 is 0 Å². The molecular weight excluding hydrogens is 453 g/mol.